The highest BCUT2D eigenvalue weighted by Crippen LogP contribution is 2.03. The zero-order valence-corrected chi connectivity index (χ0v) is 5.82. The molecule has 1 saturated heterocycles. The van der Waals surface area contributed by atoms with Crippen LogP contribution in [0.15, 0.2) is 0 Å². The third kappa shape index (κ3) is 2.20. The van der Waals surface area contributed by atoms with Crippen LogP contribution in [0.5, 0.6) is 0 Å². The Morgan fingerprint density at radius 3 is 2.67 bits per heavy atom. The van der Waals surface area contributed by atoms with Gasteiger partial charge in [0.25, 0.3) is 0 Å². The van der Waals surface area contributed by atoms with Gasteiger partial charge in [0.1, 0.15) is 6.04 Å². The van der Waals surface area contributed by atoms with E-state index in [0.717, 1.165) is 12.8 Å². The summed E-state index contributed by atoms with van der Waals surface area (Å²) in [4.78, 5) is 10.4. The summed E-state index contributed by atoms with van der Waals surface area (Å²) in [6.45, 7) is 0.548. The van der Waals surface area contributed by atoms with E-state index in [1.54, 1.807) is 0 Å². The zero-order chi connectivity index (χ0) is 5.98. The van der Waals surface area contributed by atoms with Gasteiger partial charge in [-0.3, -0.25) is 4.79 Å². The Bertz CT molecular complexity index is 107. The molecular formula is C5H10ClNO2. The summed E-state index contributed by atoms with van der Waals surface area (Å²) in [5, 5.41) is 0. The van der Waals surface area contributed by atoms with Crippen molar-refractivity contribution < 1.29 is 9.53 Å². The molecule has 0 amide bonds. The smallest absolute Gasteiger partial charge is 0.322 e. The van der Waals surface area contributed by atoms with Crippen LogP contribution < -0.4 is 5.73 Å². The lowest BCUT2D eigenvalue weighted by Crippen LogP contribution is -2.36. The monoisotopic (exact) mass is 151 g/mol. The Morgan fingerprint density at radius 1 is 1.67 bits per heavy atom. The van der Waals surface area contributed by atoms with Gasteiger partial charge in [0.15, 0.2) is 0 Å². The fraction of sp³-hybridized carbons (Fsp3) is 0.800. The van der Waals surface area contributed by atoms with Crippen LogP contribution in [0.4, 0.5) is 0 Å². The van der Waals surface area contributed by atoms with E-state index >= 15 is 0 Å². The van der Waals surface area contributed by atoms with Gasteiger partial charge in [0, 0.05) is 0 Å². The Balaban J connectivity index is 0.000000640. The lowest BCUT2D eigenvalue weighted by atomic mass is 10.1. The molecule has 54 valence electrons. The van der Waals surface area contributed by atoms with Crippen LogP contribution in [0, 0.1) is 0 Å². The Kier molecular flexibility index (Phi) is 3.58. The molecule has 1 unspecified atom stereocenters. The van der Waals surface area contributed by atoms with Gasteiger partial charge in [-0.1, -0.05) is 0 Å². The van der Waals surface area contributed by atoms with Crippen molar-refractivity contribution in [1.29, 1.82) is 0 Å². The SMILES string of the molecule is Cl.NC1CCCOC1=O. The van der Waals surface area contributed by atoms with Crippen LogP contribution in [0.3, 0.4) is 0 Å². The number of hydrogen-bond donors (Lipinski definition) is 1. The lowest BCUT2D eigenvalue weighted by molar-refractivity contribution is -0.148. The van der Waals surface area contributed by atoms with Crippen molar-refractivity contribution in [2.45, 2.75) is 18.9 Å². The standard InChI is InChI=1S/C5H9NO2.ClH/c6-4-2-1-3-8-5(4)7;/h4H,1-3,6H2;1H. The van der Waals surface area contributed by atoms with Crippen molar-refractivity contribution in [3.8, 4) is 0 Å². The molecule has 3 nitrogen and oxygen atoms in total. The number of carbonyl (C=O) groups is 1. The highest BCUT2D eigenvalue weighted by molar-refractivity contribution is 5.85. The van der Waals surface area contributed by atoms with Crippen LogP contribution in [0.2, 0.25) is 0 Å². The summed E-state index contributed by atoms with van der Waals surface area (Å²) in [5.74, 6) is -0.253. The van der Waals surface area contributed by atoms with Crippen LogP contribution in [-0.2, 0) is 9.53 Å². The predicted molar refractivity (Wildman–Crippen MR) is 35.4 cm³/mol. The normalized spacial score (nSPS) is 26.3. The van der Waals surface area contributed by atoms with Crippen molar-refractivity contribution in [2.24, 2.45) is 5.73 Å². The number of cyclic esters (lactones) is 1. The molecule has 1 heterocycles. The topological polar surface area (TPSA) is 52.3 Å². The number of carbonyl (C=O) groups excluding carboxylic acids is 1. The van der Waals surface area contributed by atoms with Gasteiger partial charge >= 0.3 is 5.97 Å². The third-order valence-electron chi connectivity index (χ3n) is 1.21. The van der Waals surface area contributed by atoms with E-state index in [-0.39, 0.29) is 24.4 Å². The van der Waals surface area contributed by atoms with E-state index in [1.807, 2.05) is 0 Å². The predicted octanol–water partition coefficient (Wildman–Crippen LogP) is 0.0725. The van der Waals surface area contributed by atoms with Crippen molar-refractivity contribution >= 4 is 18.4 Å². The molecule has 1 aliphatic rings. The second-order valence-corrected chi connectivity index (χ2v) is 1.92. The summed E-state index contributed by atoms with van der Waals surface area (Å²) in [7, 11) is 0. The molecule has 0 saturated carbocycles. The van der Waals surface area contributed by atoms with Gasteiger partial charge in [0.05, 0.1) is 6.61 Å². The molecule has 1 rings (SSSR count). The summed E-state index contributed by atoms with van der Waals surface area (Å²) >= 11 is 0. The first kappa shape index (κ1) is 8.72. The van der Waals surface area contributed by atoms with Crippen molar-refractivity contribution in [3.05, 3.63) is 0 Å². The number of hydrogen-bond acceptors (Lipinski definition) is 3. The summed E-state index contributed by atoms with van der Waals surface area (Å²) in [6, 6.07) is -0.358. The fourth-order valence-electron chi connectivity index (χ4n) is 0.701. The quantitative estimate of drug-likeness (QED) is 0.499. The molecule has 0 aromatic heterocycles. The van der Waals surface area contributed by atoms with Crippen LogP contribution in [0.25, 0.3) is 0 Å². The molecule has 0 radical (unpaired) electrons. The number of halogens is 1. The molecule has 0 bridgehead atoms. The van der Waals surface area contributed by atoms with Gasteiger partial charge in [-0.05, 0) is 12.8 Å². The zero-order valence-electron chi connectivity index (χ0n) is 5.00. The molecule has 0 aliphatic carbocycles. The molecular weight excluding hydrogens is 142 g/mol. The Hall–Kier alpha value is -0.280. The minimum atomic E-state index is -0.358. The van der Waals surface area contributed by atoms with E-state index in [9.17, 15) is 4.79 Å². The van der Waals surface area contributed by atoms with Crippen LogP contribution in [-0.4, -0.2) is 18.6 Å². The van der Waals surface area contributed by atoms with E-state index in [4.69, 9.17) is 5.73 Å². The first-order chi connectivity index (χ1) is 3.80. The lowest BCUT2D eigenvalue weighted by Gasteiger charge is -2.15. The van der Waals surface area contributed by atoms with Crippen molar-refractivity contribution in [2.75, 3.05) is 6.61 Å². The first-order valence-electron chi connectivity index (χ1n) is 2.73. The Morgan fingerprint density at radius 2 is 2.33 bits per heavy atom. The highest BCUT2D eigenvalue weighted by Gasteiger charge is 2.18. The maximum Gasteiger partial charge on any atom is 0.322 e. The summed E-state index contributed by atoms with van der Waals surface area (Å²) in [5.41, 5.74) is 5.30. The second kappa shape index (κ2) is 3.69. The molecule has 9 heavy (non-hydrogen) atoms. The maximum absolute atomic E-state index is 10.4. The molecule has 4 heteroatoms. The molecule has 1 fully saturated rings. The van der Waals surface area contributed by atoms with E-state index in [2.05, 4.69) is 4.74 Å². The molecule has 0 aromatic rings. The number of ether oxygens (including phenoxy) is 1. The first-order valence-corrected chi connectivity index (χ1v) is 2.73. The average Bonchev–Trinajstić information content (AvgIpc) is 1.77. The summed E-state index contributed by atoms with van der Waals surface area (Å²) < 4.78 is 4.63. The van der Waals surface area contributed by atoms with Crippen LogP contribution in [0.1, 0.15) is 12.8 Å². The van der Waals surface area contributed by atoms with Crippen molar-refractivity contribution in [1.82, 2.24) is 0 Å². The molecule has 0 spiro atoms. The van der Waals surface area contributed by atoms with Gasteiger partial charge < -0.3 is 10.5 Å². The summed E-state index contributed by atoms with van der Waals surface area (Å²) in [6.07, 6.45) is 1.69. The number of esters is 1. The minimum absolute atomic E-state index is 0. The second-order valence-electron chi connectivity index (χ2n) is 1.92. The van der Waals surface area contributed by atoms with Gasteiger partial charge in [0.2, 0.25) is 0 Å². The Labute approximate surface area is 60.0 Å². The molecule has 0 aromatic carbocycles. The van der Waals surface area contributed by atoms with Crippen LogP contribution >= 0.6 is 12.4 Å². The maximum atomic E-state index is 10.4. The van der Waals surface area contributed by atoms with E-state index in [1.165, 1.54) is 0 Å². The average molecular weight is 152 g/mol. The van der Waals surface area contributed by atoms with Gasteiger partial charge in [-0.2, -0.15) is 0 Å². The number of rotatable bonds is 0. The van der Waals surface area contributed by atoms with E-state index < -0.39 is 0 Å². The molecule has 1 atom stereocenters. The minimum Gasteiger partial charge on any atom is -0.465 e. The number of nitrogens with two attached hydrogens (primary N) is 1. The molecule has 2 N–H and O–H groups in total. The fourth-order valence-corrected chi connectivity index (χ4v) is 0.701. The molecule has 1 aliphatic heterocycles. The highest BCUT2D eigenvalue weighted by atomic mass is 35.5. The van der Waals surface area contributed by atoms with E-state index in [0.29, 0.717) is 6.61 Å². The largest absolute Gasteiger partial charge is 0.465 e. The third-order valence-corrected chi connectivity index (χ3v) is 1.21. The van der Waals surface area contributed by atoms with Crippen molar-refractivity contribution in [3.63, 3.8) is 0 Å². The van der Waals surface area contributed by atoms with Gasteiger partial charge in [-0.25, -0.2) is 0 Å². The van der Waals surface area contributed by atoms with Gasteiger partial charge in [-0.15, -0.1) is 12.4 Å².